The van der Waals surface area contributed by atoms with Gasteiger partial charge in [-0.1, -0.05) is 0 Å². The molecule has 0 fully saturated rings. The Hall–Kier alpha value is -1.69. The van der Waals surface area contributed by atoms with Crippen LogP contribution in [0.5, 0.6) is 5.88 Å². The molecular weight excluding hydrogens is 184 g/mol. The number of aliphatic hydroxyl groups excluding tert-OH is 1. The summed E-state index contributed by atoms with van der Waals surface area (Å²) in [4.78, 5) is 0. The van der Waals surface area contributed by atoms with E-state index in [1.165, 1.54) is 10.8 Å². The van der Waals surface area contributed by atoms with Crippen LogP contribution in [0.15, 0.2) is 12.4 Å². The molecule has 2 aromatic heterocycles. The Labute approximate surface area is 80.1 Å². The molecule has 0 aliphatic carbocycles. The van der Waals surface area contributed by atoms with Gasteiger partial charge in [0.15, 0.2) is 5.65 Å². The lowest BCUT2D eigenvalue weighted by molar-refractivity contribution is 0.194. The van der Waals surface area contributed by atoms with Gasteiger partial charge >= 0.3 is 0 Å². The Morgan fingerprint density at radius 3 is 3.21 bits per heavy atom. The van der Waals surface area contributed by atoms with E-state index in [0.717, 1.165) is 5.56 Å². The van der Waals surface area contributed by atoms with Crippen molar-refractivity contribution in [1.29, 1.82) is 0 Å². The van der Waals surface area contributed by atoms with Crippen molar-refractivity contribution in [3.05, 3.63) is 18.0 Å². The zero-order chi connectivity index (χ0) is 9.97. The van der Waals surface area contributed by atoms with E-state index in [9.17, 15) is 0 Å². The monoisotopic (exact) mass is 194 g/mol. The number of ether oxygens (including phenoxy) is 1. The van der Waals surface area contributed by atoms with Crippen molar-refractivity contribution in [3.8, 4) is 5.88 Å². The van der Waals surface area contributed by atoms with Crippen LogP contribution >= 0.6 is 0 Å². The predicted molar refractivity (Wildman–Crippen MR) is 48.1 cm³/mol. The molecule has 2 aromatic rings. The molecule has 2 rings (SSSR count). The third-order valence-corrected chi connectivity index (χ3v) is 1.77. The number of fused-ring (bicyclic) bond motifs is 1. The highest BCUT2D eigenvalue weighted by Crippen LogP contribution is 2.14. The van der Waals surface area contributed by atoms with Crippen molar-refractivity contribution >= 4 is 5.65 Å². The average molecular weight is 194 g/mol. The Bertz CT molecular complexity index is 440. The van der Waals surface area contributed by atoms with Gasteiger partial charge in [-0.15, -0.1) is 15.3 Å². The minimum Gasteiger partial charge on any atom is -0.474 e. The van der Waals surface area contributed by atoms with Gasteiger partial charge in [0.25, 0.3) is 0 Å². The molecule has 0 unspecified atom stereocenters. The standard InChI is InChI=1S/C8H10N4O2/c1-6-4-7-10-9-5-12(7)11-8(6)14-3-2-13/h4-5,13H,2-3H2,1H3. The maximum atomic E-state index is 8.61. The third-order valence-electron chi connectivity index (χ3n) is 1.77. The van der Waals surface area contributed by atoms with E-state index in [4.69, 9.17) is 9.84 Å². The molecule has 0 saturated carbocycles. The summed E-state index contributed by atoms with van der Waals surface area (Å²) in [5.41, 5.74) is 1.55. The van der Waals surface area contributed by atoms with Gasteiger partial charge < -0.3 is 9.84 Å². The van der Waals surface area contributed by atoms with Crippen LogP contribution in [-0.4, -0.2) is 38.1 Å². The fourth-order valence-electron chi connectivity index (χ4n) is 1.13. The van der Waals surface area contributed by atoms with Gasteiger partial charge in [-0.05, 0) is 13.0 Å². The summed E-state index contributed by atoms with van der Waals surface area (Å²) in [6.07, 6.45) is 1.50. The van der Waals surface area contributed by atoms with Crippen LogP contribution in [0, 0.1) is 6.92 Å². The second kappa shape index (κ2) is 3.59. The highest BCUT2D eigenvalue weighted by Gasteiger charge is 2.04. The summed E-state index contributed by atoms with van der Waals surface area (Å²) in [6, 6.07) is 1.83. The molecule has 0 atom stereocenters. The van der Waals surface area contributed by atoms with Crippen LogP contribution in [0.3, 0.4) is 0 Å². The first-order valence-corrected chi connectivity index (χ1v) is 4.22. The van der Waals surface area contributed by atoms with E-state index in [1.807, 2.05) is 13.0 Å². The van der Waals surface area contributed by atoms with Gasteiger partial charge in [0.05, 0.1) is 6.61 Å². The molecule has 0 aliphatic rings. The molecule has 1 N–H and O–H groups in total. The van der Waals surface area contributed by atoms with Crippen molar-refractivity contribution in [2.45, 2.75) is 6.92 Å². The molecule has 2 heterocycles. The minimum atomic E-state index is -0.0265. The maximum absolute atomic E-state index is 8.61. The molecule has 6 nitrogen and oxygen atoms in total. The second-order valence-electron chi connectivity index (χ2n) is 2.84. The molecule has 6 heteroatoms. The molecule has 0 bridgehead atoms. The number of hydrogen-bond donors (Lipinski definition) is 1. The fraction of sp³-hybridized carbons (Fsp3) is 0.375. The number of aromatic nitrogens is 4. The van der Waals surface area contributed by atoms with Gasteiger partial charge in [-0.2, -0.15) is 4.52 Å². The zero-order valence-corrected chi connectivity index (χ0v) is 7.71. The van der Waals surface area contributed by atoms with Crippen molar-refractivity contribution < 1.29 is 9.84 Å². The molecule has 14 heavy (non-hydrogen) atoms. The third kappa shape index (κ3) is 1.51. The van der Waals surface area contributed by atoms with Crippen LogP contribution in [0.1, 0.15) is 5.56 Å². The lowest BCUT2D eigenvalue weighted by Gasteiger charge is -2.05. The second-order valence-corrected chi connectivity index (χ2v) is 2.84. The highest BCUT2D eigenvalue weighted by molar-refractivity contribution is 5.41. The smallest absolute Gasteiger partial charge is 0.234 e. The predicted octanol–water partition coefficient (Wildman–Crippen LogP) is -0.196. The number of hydrogen-bond acceptors (Lipinski definition) is 5. The summed E-state index contributed by atoms with van der Waals surface area (Å²) in [7, 11) is 0. The molecule has 0 aromatic carbocycles. The van der Waals surface area contributed by atoms with Gasteiger partial charge in [0, 0.05) is 5.56 Å². The Kier molecular flexibility index (Phi) is 2.28. The van der Waals surface area contributed by atoms with E-state index in [1.54, 1.807) is 0 Å². The van der Waals surface area contributed by atoms with Gasteiger partial charge in [0.2, 0.25) is 5.88 Å². The summed E-state index contributed by atoms with van der Waals surface area (Å²) < 4.78 is 6.75. The number of nitrogens with zero attached hydrogens (tertiary/aromatic N) is 4. The first-order chi connectivity index (χ1) is 6.81. The Balaban J connectivity index is 2.38. The largest absolute Gasteiger partial charge is 0.474 e. The number of rotatable bonds is 3. The molecule has 0 saturated heterocycles. The van der Waals surface area contributed by atoms with Crippen LogP contribution < -0.4 is 4.74 Å². The SMILES string of the molecule is Cc1cc2nncn2nc1OCCO. The summed E-state index contributed by atoms with van der Waals surface area (Å²) >= 11 is 0. The van der Waals surface area contributed by atoms with Crippen LogP contribution in [-0.2, 0) is 0 Å². The van der Waals surface area contributed by atoms with Gasteiger partial charge in [-0.25, -0.2) is 0 Å². The first-order valence-electron chi connectivity index (χ1n) is 4.22. The van der Waals surface area contributed by atoms with E-state index < -0.39 is 0 Å². The quantitative estimate of drug-likeness (QED) is 0.732. The first kappa shape index (κ1) is 8.89. The molecule has 0 spiro atoms. The molecule has 0 amide bonds. The molecular formula is C8H10N4O2. The maximum Gasteiger partial charge on any atom is 0.234 e. The molecule has 0 radical (unpaired) electrons. The summed E-state index contributed by atoms with van der Waals surface area (Å²) in [6.45, 7) is 2.08. The molecule has 0 aliphatic heterocycles. The van der Waals surface area contributed by atoms with Gasteiger partial charge in [0.1, 0.15) is 12.9 Å². The fourth-order valence-corrected chi connectivity index (χ4v) is 1.13. The summed E-state index contributed by atoms with van der Waals surface area (Å²) in [5.74, 6) is 0.492. The Morgan fingerprint density at radius 1 is 1.57 bits per heavy atom. The van der Waals surface area contributed by atoms with Gasteiger partial charge in [-0.3, -0.25) is 0 Å². The summed E-state index contributed by atoms with van der Waals surface area (Å²) in [5, 5.41) is 20.3. The topological polar surface area (TPSA) is 72.5 Å². The van der Waals surface area contributed by atoms with E-state index >= 15 is 0 Å². The number of aliphatic hydroxyl groups is 1. The van der Waals surface area contributed by atoms with Crippen molar-refractivity contribution in [1.82, 2.24) is 19.8 Å². The lowest BCUT2D eigenvalue weighted by Crippen LogP contribution is -2.06. The zero-order valence-electron chi connectivity index (χ0n) is 7.71. The highest BCUT2D eigenvalue weighted by atomic mass is 16.5. The van der Waals surface area contributed by atoms with Crippen molar-refractivity contribution in [2.24, 2.45) is 0 Å². The lowest BCUT2D eigenvalue weighted by atomic mass is 10.3. The van der Waals surface area contributed by atoms with Crippen LogP contribution in [0.4, 0.5) is 0 Å². The van der Waals surface area contributed by atoms with Crippen LogP contribution in [0.2, 0.25) is 0 Å². The van der Waals surface area contributed by atoms with Crippen molar-refractivity contribution in [3.63, 3.8) is 0 Å². The van der Waals surface area contributed by atoms with E-state index in [2.05, 4.69) is 15.3 Å². The van der Waals surface area contributed by atoms with E-state index in [0.29, 0.717) is 11.5 Å². The average Bonchev–Trinajstić information content (AvgIpc) is 2.61. The number of aryl methyl sites for hydroxylation is 1. The van der Waals surface area contributed by atoms with Crippen molar-refractivity contribution in [2.75, 3.05) is 13.2 Å². The Morgan fingerprint density at radius 2 is 2.43 bits per heavy atom. The van der Waals surface area contributed by atoms with Crippen LogP contribution in [0.25, 0.3) is 5.65 Å². The normalized spacial score (nSPS) is 10.7. The van der Waals surface area contributed by atoms with E-state index in [-0.39, 0.29) is 13.2 Å². The molecule has 74 valence electrons. The minimum absolute atomic E-state index is 0.0265.